The van der Waals surface area contributed by atoms with Crippen LogP contribution in [0.3, 0.4) is 0 Å². The highest BCUT2D eigenvalue weighted by molar-refractivity contribution is 5.68. The lowest BCUT2D eigenvalue weighted by molar-refractivity contribution is -0.0220. The SMILES string of the molecule is CC(C)(C)OC(=O)N1CCCC(C)(N2CCOCC2)CC1. The van der Waals surface area contributed by atoms with Crippen LogP contribution in [0.25, 0.3) is 0 Å². The number of nitrogens with zero attached hydrogens (tertiary/aromatic N) is 2. The molecule has 0 bridgehead atoms. The first-order chi connectivity index (χ1) is 9.80. The maximum absolute atomic E-state index is 12.2. The van der Waals surface area contributed by atoms with Crippen LogP contribution in [0.4, 0.5) is 4.79 Å². The molecule has 0 aromatic rings. The van der Waals surface area contributed by atoms with Crippen LogP contribution >= 0.6 is 0 Å². The zero-order valence-corrected chi connectivity index (χ0v) is 14.0. The third-order valence-corrected chi connectivity index (χ3v) is 4.49. The topological polar surface area (TPSA) is 42.0 Å². The van der Waals surface area contributed by atoms with E-state index in [-0.39, 0.29) is 11.6 Å². The van der Waals surface area contributed by atoms with Gasteiger partial charge < -0.3 is 14.4 Å². The molecule has 2 saturated heterocycles. The summed E-state index contributed by atoms with van der Waals surface area (Å²) < 4.78 is 11.0. The first-order valence-corrected chi connectivity index (χ1v) is 8.11. The molecular weight excluding hydrogens is 268 g/mol. The molecule has 0 spiro atoms. The van der Waals surface area contributed by atoms with Gasteiger partial charge in [0.15, 0.2) is 0 Å². The molecule has 1 unspecified atom stereocenters. The Morgan fingerprint density at radius 3 is 2.38 bits per heavy atom. The van der Waals surface area contributed by atoms with Crippen LogP contribution in [-0.4, -0.2) is 66.4 Å². The van der Waals surface area contributed by atoms with Crippen LogP contribution in [0.2, 0.25) is 0 Å². The van der Waals surface area contributed by atoms with Gasteiger partial charge in [0.25, 0.3) is 0 Å². The fourth-order valence-corrected chi connectivity index (χ4v) is 3.19. The summed E-state index contributed by atoms with van der Waals surface area (Å²) in [6.07, 6.45) is 3.00. The number of likely N-dealkylation sites (tertiary alicyclic amines) is 1. The molecule has 2 rings (SSSR count). The molecule has 2 heterocycles. The average Bonchev–Trinajstić information content (AvgIpc) is 2.61. The molecule has 1 atom stereocenters. The zero-order valence-electron chi connectivity index (χ0n) is 14.0. The average molecular weight is 298 g/mol. The first kappa shape index (κ1) is 16.6. The quantitative estimate of drug-likeness (QED) is 0.746. The zero-order chi connectivity index (χ0) is 15.5. The molecule has 2 aliphatic heterocycles. The van der Waals surface area contributed by atoms with Gasteiger partial charge >= 0.3 is 6.09 Å². The predicted octanol–water partition coefficient (Wildman–Crippen LogP) is 2.50. The van der Waals surface area contributed by atoms with Gasteiger partial charge in [-0.2, -0.15) is 0 Å². The summed E-state index contributed by atoms with van der Waals surface area (Å²) in [5, 5.41) is 0. The van der Waals surface area contributed by atoms with Gasteiger partial charge in [0, 0.05) is 31.7 Å². The van der Waals surface area contributed by atoms with E-state index in [1.165, 1.54) is 0 Å². The summed E-state index contributed by atoms with van der Waals surface area (Å²) in [5.41, 5.74) is -0.239. The van der Waals surface area contributed by atoms with E-state index in [1.54, 1.807) is 0 Å². The second-order valence-corrected chi connectivity index (χ2v) is 7.42. The molecule has 0 aromatic heterocycles. The van der Waals surface area contributed by atoms with Gasteiger partial charge in [-0.15, -0.1) is 0 Å². The lowest BCUT2D eigenvalue weighted by Gasteiger charge is -2.43. The number of morpholine rings is 1. The summed E-state index contributed by atoms with van der Waals surface area (Å²) in [4.78, 5) is 16.6. The molecular formula is C16H30N2O3. The number of hydrogen-bond donors (Lipinski definition) is 0. The van der Waals surface area contributed by atoms with Crippen LogP contribution in [0.15, 0.2) is 0 Å². The Kier molecular flexibility index (Phi) is 5.15. The van der Waals surface area contributed by atoms with Gasteiger partial charge in [0.1, 0.15) is 5.60 Å². The molecule has 2 fully saturated rings. The van der Waals surface area contributed by atoms with Crippen molar-refractivity contribution >= 4 is 6.09 Å². The Hall–Kier alpha value is -0.810. The Bertz CT molecular complexity index is 361. The maximum Gasteiger partial charge on any atom is 0.410 e. The van der Waals surface area contributed by atoms with Crippen LogP contribution in [-0.2, 0) is 9.47 Å². The van der Waals surface area contributed by atoms with Gasteiger partial charge in [-0.05, 0) is 47.0 Å². The smallest absolute Gasteiger partial charge is 0.410 e. The molecule has 5 nitrogen and oxygen atoms in total. The summed E-state index contributed by atoms with van der Waals surface area (Å²) in [5.74, 6) is 0. The second kappa shape index (κ2) is 6.53. The van der Waals surface area contributed by atoms with E-state index in [0.29, 0.717) is 0 Å². The normalized spacial score (nSPS) is 29.0. The van der Waals surface area contributed by atoms with E-state index in [0.717, 1.165) is 58.7 Å². The maximum atomic E-state index is 12.2. The third-order valence-electron chi connectivity index (χ3n) is 4.49. The lowest BCUT2D eigenvalue weighted by atomic mass is 9.90. The summed E-state index contributed by atoms with van der Waals surface area (Å²) in [7, 11) is 0. The van der Waals surface area contributed by atoms with E-state index >= 15 is 0 Å². The molecule has 5 heteroatoms. The van der Waals surface area contributed by atoms with Gasteiger partial charge in [-0.1, -0.05) is 0 Å². The minimum atomic E-state index is -0.420. The van der Waals surface area contributed by atoms with E-state index < -0.39 is 5.60 Å². The van der Waals surface area contributed by atoms with Gasteiger partial charge in [-0.3, -0.25) is 4.90 Å². The molecule has 0 saturated carbocycles. The molecule has 0 aromatic carbocycles. The van der Waals surface area contributed by atoms with Crippen molar-refractivity contribution in [2.45, 2.75) is 58.1 Å². The standard InChI is InChI=1S/C16H30N2O3/c1-15(2,3)21-14(19)17-8-5-6-16(4,7-9-17)18-10-12-20-13-11-18/h5-13H2,1-4H3. The number of carbonyl (C=O) groups excluding carboxylic acids is 1. The molecule has 0 N–H and O–H groups in total. The molecule has 0 aliphatic carbocycles. The minimum Gasteiger partial charge on any atom is -0.444 e. The van der Waals surface area contributed by atoms with E-state index in [9.17, 15) is 4.79 Å². The fourth-order valence-electron chi connectivity index (χ4n) is 3.19. The van der Waals surface area contributed by atoms with Crippen molar-refractivity contribution in [2.75, 3.05) is 39.4 Å². The highest BCUT2D eigenvalue weighted by Gasteiger charge is 2.36. The summed E-state index contributed by atoms with van der Waals surface area (Å²) >= 11 is 0. The Labute approximate surface area is 128 Å². The molecule has 1 amide bonds. The summed E-state index contributed by atoms with van der Waals surface area (Å²) in [6.45, 7) is 13.3. The van der Waals surface area contributed by atoms with Crippen LogP contribution < -0.4 is 0 Å². The largest absolute Gasteiger partial charge is 0.444 e. The third kappa shape index (κ3) is 4.58. The van der Waals surface area contributed by atoms with Gasteiger partial charge in [0.2, 0.25) is 0 Å². The van der Waals surface area contributed by atoms with Crippen LogP contribution in [0.5, 0.6) is 0 Å². The molecule has 0 radical (unpaired) electrons. The molecule has 2 aliphatic rings. The summed E-state index contributed by atoms with van der Waals surface area (Å²) in [6, 6.07) is 0. The van der Waals surface area contributed by atoms with Crippen molar-refractivity contribution in [3.8, 4) is 0 Å². The molecule has 122 valence electrons. The van der Waals surface area contributed by atoms with Crippen molar-refractivity contribution in [1.82, 2.24) is 9.80 Å². The van der Waals surface area contributed by atoms with Crippen LogP contribution in [0, 0.1) is 0 Å². The number of hydrogen-bond acceptors (Lipinski definition) is 4. The van der Waals surface area contributed by atoms with E-state index in [1.807, 2.05) is 25.7 Å². The Balaban J connectivity index is 1.93. The monoisotopic (exact) mass is 298 g/mol. The van der Waals surface area contributed by atoms with Crippen molar-refractivity contribution in [2.24, 2.45) is 0 Å². The highest BCUT2D eigenvalue weighted by Crippen LogP contribution is 2.29. The van der Waals surface area contributed by atoms with E-state index in [4.69, 9.17) is 9.47 Å². The fraction of sp³-hybridized carbons (Fsp3) is 0.938. The van der Waals surface area contributed by atoms with Crippen molar-refractivity contribution in [3.05, 3.63) is 0 Å². The number of ether oxygens (including phenoxy) is 2. The van der Waals surface area contributed by atoms with Crippen LogP contribution in [0.1, 0.15) is 47.0 Å². The number of amides is 1. The highest BCUT2D eigenvalue weighted by atomic mass is 16.6. The number of carbonyl (C=O) groups is 1. The van der Waals surface area contributed by atoms with Crippen molar-refractivity contribution in [1.29, 1.82) is 0 Å². The minimum absolute atomic E-state index is 0.172. The lowest BCUT2D eigenvalue weighted by Crippen LogP contribution is -2.52. The van der Waals surface area contributed by atoms with Crippen molar-refractivity contribution in [3.63, 3.8) is 0 Å². The molecule has 21 heavy (non-hydrogen) atoms. The van der Waals surface area contributed by atoms with Gasteiger partial charge in [-0.25, -0.2) is 4.79 Å². The van der Waals surface area contributed by atoms with Crippen molar-refractivity contribution < 1.29 is 14.3 Å². The van der Waals surface area contributed by atoms with E-state index in [2.05, 4.69) is 11.8 Å². The Morgan fingerprint density at radius 1 is 1.10 bits per heavy atom. The van der Waals surface area contributed by atoms with Gasteiger partial charge in [0.05, 0.1) is 13.2 Å². The second-order valence-electron chi connectivity index (χ2n) is 7.42. The Morgan fingerprint density at radius 2 is 1.76 bits per heavy atom. The predicted molar refractivity (Wildman–Crippen MR) is 82.5 cm³/mol. The number of rotatable bonds is 1. The first-order valence-electron chi connectivity index (χ1n) is 8.11.